The zero-order valence-electron chi connectivity index (χ0n) is 25.4. The van der Waals surface area contributed by atoms with E-state index in [1.807, 2.05) is 107 Å². The highest BCUT2D eigenvalue weighted by Gasteiger charge is 2.42. The number of aliphatic carboxylic acids is 1. The summed E-state index contributed by atoms with van der Waals surface area (Å²) >= 11 is 0. The molecule has 0 aliphatic rings. The van der Waals surface area contributed by atoms with Crippen LogP contribution in [0.15, 0.2) is 91.0 Å². The maximum atomic E-state index is 14.0. The lowest BCUT2D eigenvalue weighted by atomic mass is 9.97. The number of amides is 1. The Bertz CT molecular complexity index is 1630. The van der Waals surface area contributed by atoms with Gasteiger partial charge in [-0.15, -0.1) is 0 Å². The van der Waals surface area contributed by atoms with Crippen LogP contribution >= 0.6 is 7.60 Å². The minimum absolute atomic E-state index is 0.113. The normalized spacial score (nSPS) is 12.8. The third kappa shape index (κ3) is 8.44. The van der Waals surface area contributed by atoms with Gasteiger partial charge in [0.1, 0.15) is 6.04 Å². The van der Waals surface area contributed by atoms with E-state index in [-0.39, 0.29) is 19.4 Å². The maximum absolute atomic E-state index is 14.0. The van der Waals surface area contributed by atoms with Crippen molar-refractivity contribution in [3.8, 4) is 11.1 Å². The first-order valence-electron chi connectivity index (χ1n) is 14.5. The van der Waals surface area contributed by atoms with E-state index in [4.69, 9.17) is 0 Å². The molecule has 0 spiro atoms. The third-order valence-corrected chi connectivity index (χ3v) is 8.58. The van der Waals surface area contributed by atoms with Crippen LogP contribution in [0.5, 0.6) is 0 Å². The molecule has 230 valence electrons. The molecular formula is C35H39N2O6P. The molecule has 0 fully saturated rings. The highest BCUT2D eigenvalue weighted by molar-refractivity contribution is 7.52. The van der Waals surface area contributed by atoms with Gasteiger partial charge in [-0.05, 0) is 73.2 Å². The maximum Gasteiger partial charge on any atom is 0.352 e. The van der Waals surface area contributed by atoms with Gasteiger partial charge in [-0.25, -0.2) is 0 Å². The second kappa shape index (κ2) is 14.0. The zero-order valence-corrected chi connectivity index (χ0v) is 26.3. The van der Waals surface area contributed by atoms with Crippen molar-refractivity contribution >= 4 is 25.2 Å². The molecule has 0 aliphatic carbocycles. The molecule has 4 N–H and O–H groups in total. The van der Waals surface area contributed by atoms with Gasteiger partial charge >= 0.3 is 13.6 Å². The molecule has 0 radical (unpaired) electrons. The average Bonchev–Trinajstić information content (AvgIpc) is 2.93. The van der Waals surface area contributed by atoms with Crippen LogP contribution in [0.4, 0.5) is 5.69 Å². The van der Waals surface area contributed by atoms with E-state index in [0.717, 1.165) is 38.9 Å². The molecule has 0 saturated heterocycles. The summed E-state index contributed by atoms with van der Waals surface area (Å²) in [6.45, 7) is 7.38. The van der Waals surface area contributed by atoms with Crippen LogP contribution in [0, 0.1) is 27.7 Å². The summed E-state index contributed by atoms with van der Waals surface area (Å²) in [7, 11) is -4.93. The monoisotopic (exact) mass is 614 g/mol. The number of carboxylic acid groups (broad SMARTS) is 1. The number of benzene rings is 4. The number of carboxylic acids is 1. The molecule has 44 heavy (non-hydrogen) atoms. The van der Waals surface area contributed by atoms with Gasteiger partial charge in [0.2, 0.25) is 5.91 Å². The summed E-state index contributed by atoms with van der Waals surface area (Å²) in [6.07, 6.45) is -0.172. The second-order valence-corrected chi connectivity index (χ2v) is 13.0. The van der Waals surface area contributed by atoms with Gasteiger partial charge < -0.3 is 25.1 Å². The van der Waals surface area contributed by atoms with Gasteiger partial charge in [-0.3, -0.25) is 14.2 Å². The summed E-state index contributed by atoms with van der Waals surface area (Å²) < 4.78 is 13.5. The molecule has 0 aliphatic heterocycles. The van der Waals surface area contributed by atoms with Crippen LogP contribution in [0.25, 0.3) is 11.1 Å². The Balaban J connectivity index is 1.88. The largest absolute Gasteiger partial charge is 0.481 e. The molecule has 1 unspecified atom stereocenters. The first-order valence-corrected chi connectivity index (χ1v) is 16.1. The highest BCUT2D eigenvalue weighted by Crippen LogP contribution is 2.56. The molecule has 4 aromatic rings. The lowest BCUT2D eigenvalue weighted by Crippen LogP contribution is -2.50. The number of carbonyl (C=O) groups excluding carboxylic acids is 1. The van der Waals surface area contributed by atoms with Crippen LogP contribution in [-0.2, 0) is 20.6 Å². The van der Waals surface area contributed by atoms with Crippen LogP contribution in [0.1, 0.15) is 45.6 Å². The summed E-state index contributed by atoms with van der Waals surface area (Å²) in [6, 6.07) is 27.5. The number of hydrogen-bond acceptors (Lipinski definition) is 4. The van der Waals surface area contributed by atoms with E-state index in [1.54, 1.807) is 12.1 Å². The van der Waals surface area contributed by atoms with Crippen LogP contribution in [0.2, 0.25) is 0 Å². The Morgan fingerprint density at radius 2 is 1.30 bits per heavy atom. The molecular weight excluding hydrogens is 575 g/mol. The lowest BCUT2D eigenvalue weighted by molar-refractivity contribution is -0.136. The van der Waals surface area contributed by atoms with Gasteiger partial charge in [-0.1, -0.05) is 90.0 Å². The number of hydrogen-bond donors (Lipinski definition) is 4. The summed E-state index contributed by atoms with van der Waals surface area (Å²) in [4.78, 5) is 48.7. The predicted octanol–water partition coefficient (Wildman–Crippen LogP) is 6.47. The van der Waals surface area contributed by atoms with Crippen molar-refractivity contribution in [3.63, 3.8) is 0 Å². The molecule has 9 heteroatoms. The number of aryl methyl sites for hydroxylation is 4. The van der Waals surface area contributed by atoms with Crippen LogP contribution in [-0.4, -0.2) is 39.4 Å². The van der Waals surface area contributed by atoms with Crippen molar-refractivity contribution in [1.29, 1.82) is 0 Å². The topological polar surface area (TPSA) is 127 Å². The Labute approximate surface area is 258 Å². The smallest absolute Gasteiger partial charge is 0.352 e. The molecule has 0 aromatic heterocycles. The fourth-order valence-electron chi connectivity index (χ4n) is 5.68. The predicted molar refractivity (Wildman–Crippen MR) is 174 cm³/mol. The van der Waals surface area contributed by atoms with Gasteiger partial charge in [0.15, 0.2) is 5.78 Å². The Hall–Kier alpha value is -4.23. The van der Waals surface area contributed by atoms with E-state index in [1.165, 1.54) is 4.90 Å². The minimum atomic E-state index is -4.93. The molecule has 4 rings (SSSR count). The standard InChI is InChI=1S/C35H39N2O6P/c1-23-16-24(2)19-30(18-23)35(44(41,42)43)37(31-20-25(3)17-26(4)21-31)32(34(40)36-15-14-33(38)39)22-27-10-12-29(13-11-27)28-8-6-5-7-9-28/h5-13,16-21,32,35H,14-15,22H2,1-4H3,(H,36,40)(H,38,39)(H2,41,42,43)/t32-,35?/m0/s1. The summed E-state index contributed by atoms with van der Waals surface area (Å²) in [5.41, 5.74) is 7.07. The Kier molecular flexibility index (Phi) is 10.4. The Morgan fingerprint density at radius 3 is 1.82 bits per heavy atom. The second-order valence-electron chi connectivity index (χ2n) is 11.4. The summed E-state index contributed by atoms with van der Waals surface area (Å²) in [5.74, 6) is -3.07. The molecule has 0 bridgehead atoms. The van der Waals surface area contributed by atoms with Gasteiger partial charge in [0.05, 0.1) is 6.42 Å². The van der Waals surface area contributed by atoms with Crippen molar-refractivity contribution in [3.05, 3.63) is 124 Å². The number of nitrogens with one attached hydrogen (secondary N) is 1. The van der Waals surface area contributed by atoms with E-state index in [9.17, 15) is 29.0 Å². The average molecular weight is 615 g/mol. The van der Waals surface area contributed by atoms with Crippen LogP contribution in [0.3, 0.4) is 0 Å². The molecule has 0 heterocycles. The lowest BCUT2D eigenvalue weighted by Gasteiger charge is -2.40. The van der Waals surface area contributed by atoms with Crippen molar-refractivity contribution in [1.82, 2.24) is 5.32 Å². The van der Waals surface area contributed by atoms with Crippen molar-refractivity contribution in [2.75, 3.05) is 11.4 Å². The molecule has 0 saturated carbocycles. The quantitative estimate of drug-likeness (QED) is 0.135. The fraction of sp³-hybridized carbons (Fsp3) is 0.257. The number of nitrogens with zero attached hydrogens (tertiary/aromatic N) is 1. The van der Waals surface area contributed by atoms with E-state index >= 15 is 0 Å². The van der Waals surface area contributed by atoms with Gasteiger partial charge in [0, 0.05) is 18.7 Å². The van der Waals surface area contributed by atoms with Crippen LogP contribution < -0.4 is 10.2 Å². The minimum Gasteiger partial charge on any atom is -0.481 e. The molecule has 1 amide bonds. The van der Waals surface area contributed by atoms with Crippen molar-refractivity contribution in [2.45, 2.75) is 52.4 Å². The van der Waals surface area contributed by atoms with E-state index in [2.05, 4.69) is 5.32 Å². The first-order chi connectivity index (χ1) is 20.8. The Morgan fingerprint density at radius 1 is 0.773 bits per heavy atom. The molecule has 2 atom stereocenters. The number of carbonyl (C=O) groups is 2. The first kappa shape index (κ1) is 32.7. The SMILES string of the molecule is Cc1cc(C)cc(C(N(c2cc(C)cc(C)c2)[C@@H](Cc2ccc(-c3ccccc3)cc2)C(=O)NCCC(=O)O)P(=O)(O)O)c1. The zero-order chi connectivity index (χ0) is 32.0. The van der Waals surface area contributed by atoms with E-state index < -0.39 is 31.3 Å². The highest BCUT2D eigenvalue weighted by atomic mass is 31.2. The molecule has 4 aromatic carbocycles. The third-order valence-electron chi connectivity index (χ3n) is 7.40. The van der Waals surface area contributed by atoms with Crippen molar-refractivity contribution in [2.24, 2.45) is 0 Å². The summed E-state index contributed by atoms with van der Waals surface area (Å²) in [5, 5.41) is 11.9. The number of anilines is 1. The van der Waals surface area contributed by atoms with Gasteiger partial charge in [-0.2, -0.15) is 0 Å². The van der Waals surface area contributed by atoms with Crippen molar-refractivity contribution < 1.29 is 29.0 Å². The van der Waals surface area contributed by atoms with E-state index in [0.29, 0.717) is 11.3 Å². The van der Waals surface area contributed by atoms with Gasteiger partial charge in [0.25, 0.3) is 0 Å². The fourth-order valence-corrected chi connectivity index (χ4v) is 6.84. The molecule has 8 nitrogen and oxygen atoms in total. The number of rotatable bonds is 12.